The number of carbonyl (C=O) groups is 1. The SMILES string of the molecule is CN(CC1CCN(Cc2ccccc2)C1)C(=O)C1(CN)CCOCC1.Cl.Cl. The molecular formula is C20H33Cl2N3O2. The summed E-state index contributed by atoms with van der Waals surface area (Å²) in [4.78, 5) is 17.4. The van der Waals surface area contributed by atoms with Crippen molar-refractivity contribution in [3.8, 4) is 0 Å². The number of halogens is 2. The number of hydrogen-bond acceptors (Lipinski definition) is 4. The van der Waals surface area contributed by atoms with Crippen LogP contribution in [0.15, 0.2) is 30.3 Å². The highest BCUT2D eigenvalue weighted by molar-refractivity contribution is 5.85. The lowest BCUT2D eigenvalue weighted by molar-refractivity contribution is -0.146. The molecule has 2 heterocycles. The van der Waals surface area contributed by atoms with Gasteiger partial charge in [0.15, 0.2) is 0 Å². The number of nitrogens with two attached hydrogens (primary N) is 1. The van der Waals surface area contributed by atoms with Gasteiger partial charge in [-0.05, 0) is 37.3 Å². The first-order valence-electron chi connectivity index (χ1n) is 9.43. The van der Waals surface area contributed by atoms with E-state index in [0.717, 1.165) is 45.4 Å². The highest BCUT2D eigenvalue weighted by Gasteiger charge is 2.41. The van der Waals surface area contributed by atoms with Crippen LogP contribution in [0.2, 0.25) is 0 Å². The van der Waals surface area contributed by atoms with Gasteiger partial charge in [0.25, 0.3) is 0 Å². The van der Waals surface area contributed by atoms with E-state index in [1.807, 2.05) is 11.9 Å². The molecule has 2 aliphatic heterocycles. The van der Waals surface area contributed by atoms with Gasteiger partial charge in [-0.3, -0.25) is 9.69 Å². The van der Waals surface area contributed by atoms with Crippen molar-refractivity contribution in [2.45, 2.75) is 25.8 Å². The van der Waals surface area contributed by atoms with Crippen LogP contribution in [-0.2, 0) is 16.1 Å². The quantitative estimate of drug-likeness (QED) is 0.772. The standard InChI is InChI=1S/C20H31N3O2.2ClH/c1-22(19(24)20(16-21)8-11-25-12-9-20)13-18-7-10-23(15-18)14-17-5-3-2-4-6-17;;/h2-6,18H,7-16,21H2,1H3;2*1H. The molecule has 27 heavy (non-hydrogen) atoms. The maximum absolute atomic E-state index is 13.0. The van der Waals surface area contributed by atoms with Crippen LogP contribution < -0.4 is 5.73 Å². The topological polar surface area (TPSA) is 58.8 Å². The zero-order valence-electron chi connectivity index (χ0n) is 16.1. The van der Waals surface area contributed by atoms with Gasteiger partial charge in [0.1, 0.15) is 0 Å². The molecule has 154 valence electrons. The summed E-state index contributed by atoms with van der Waals surface area (Å²) in [6.07, 6.45) is 2.65. The number of nitrogens with zero attached hydrogens (tertiary/aromatic N) is 2. The molecule has 0 spiro atoms. The molecule has 2 fully saturated rings. The minimum atomic E-state index is -0.407. The van der Waals surface area contributed by atoms with E-state index in [1.54, 1.807) is 0 Å². The molecule has 1 unspecified atom stereocenters. The lowest BCUT2D eigenvalue weighted by atomic mass is 9.79. The number of carbonyl (C=O) groups excluding carboxylic acids is 1. The Hall–Kier alpha value is -0.850. The van der Waals surface area contributed by atoms with Gasteiger partial charge in [0.2, 0.25) is 5.91 Å². The van der Waals surface area contributed by atoms with Gasteiger partial charge in [-0.15, -0.1) is 24.8 Å². The average molecular weight is 418 g/mol. The molecule has 7 heteroatoms. The second-order valence-electron chi connectivity index (χ2n) is 7.66. The van der Waals surface area contributed by atoms with Crippen molar-refractivity contribution in [3.05, 3.63) is 35.9 Å². The Morgan fingerprint density at radius 3 is 2.56 bits per heavy atom. The normalized spacial score (nSPS) is 21.8. The monoisotopic (exact) mass is 417 g/mol. The van der Waals surface area contributed by atoms with Crippen molar-refractivity contribution in [2.24, 2.45) is 17.1 Å². The molecular weight excluding hydrogens is 385 g/mol. The van der Waals surface area contributed by atoms with E-state index in [1.165, 1.54) is 5.56 Å². The van der Waals surface area contributed by atoms with Crippen LogP contribution in [0.5, 0.6) is 0 Å². The van der Waals surface area contributed by atoms with Gasteiger partial charge in [-0.2, -0.15) is 0 Å². The summed E-state index contributed by atoms with van der Waals surface area (Å²) in [5.41, 5.74) is 6.93. The summed E-state index contributed by atoms with van der Waals surface area (Å²) in [6.45, 7) is 5.70. The Kier molecular flexibility index (Phi) is 10.1. The van der Waals surface area contributed by atoms with Crippen LogP contribution in [0, 0.1) is 11.3 Å². The van der Waals surface area contributed by atoms with Crippen molar-refractivity contribution in [1.82, 2.24) is 9.80 Å². The van der Waals surface area contributed by atoms with E-state index in [2.05, 4.69) is 35.2 Å². The van der Waals surface area contributed by atoms with Gasteiger partial charge in [0, 0.05) is 46.4 Å². The number of hydrogen-bond donors (Lipinski definition) is 1. The largest absolute Gasteiger partial charge is 0.381 e. The van der Waals surface area contributed by atoms with Crippen LogP contribution in [0.1, 0.15) is 24.8 Å². The highest BCUT2D eigenvalue weighted by atomic mass is 35.5. The molecule has 1 aromatic rings. The van der Waals surface area contributed by atoms with E-state index in [4.69, 9.17) is 10.5 Å². The summed E-state index contributed by atoms with van der Waals surface area (Å²) < 4.78 is 5.43. The lowest BCUT2D eigenvalue weighted by Gasteiger charge is -2.38. The fourth-order valence-corrected chi connectivity index (χ4v) is 4.19. The van der Waals surface area contributed by atoms with E-state index in [-0.39, 0.29) is 30.7 Å². The number of amides is 1. The molecule has 2 saturated heterocycles. The van der Waals surface area contributed by atoms with Crippen molar-refractivity contribution in [3.63, 3.8) is 0 Å². The molecule has 1 atom stereocenters. The molecule has 0 aromatic heterocycles. The van der Waals surface area contributed by atoms with Crippen molar-refractivity contribution >= 4 is 30.7 Å². The third kappa shape index (κ3) is 6.06. The summed E-state index contributed by atoms with van der Waals surface area (Å²) in [5, 5.41) is 0. The highest BCUT2D eigenvalue weighted by Crippen LogP contribution is 2.32. The van der Waals surface area contributed by atoms with E-state index in [9.17, 15) is 4.79 Å². The van der Waals surface area contributed by atoms with E-state index in [0.29, 0.717) is 25.7 Å². The Bertz CT molecular complexity index is 568. The molecule has 3 rings (SSSR count). The molecule has 0 aliphatic carbocycles. The van der Waals surface area contributed by atoms with Crippen LogP contribution in [0.25, 0.3) is 0 Å². The Balaban J connectivity index is 0.00000182. The number of ether oxygens (including phenoxy) is 1. The molecule has 0 saturated carbocycles. The second kappa shape index (κ2) is 11.2. The Morgan fingerprint density at radius 1 is 1.26 bits per heavy atom. The van der Waals surface area contributed by atoms with Gasteiger partial charge in [-0.25, -0.2) is 0 Å². The smallest absolute Gasteiger partial charge is 0.229 e. The van der Waals surface area contributed by atoms with Crippen LogP contribution in [0.4, 0.5) is 0 Å². The Labute approximate surface area is 175 Å². The predicted molar refractivity (Wildman–Crippen MR) is 113 cm³/mol. The maximum atomic E-state index is 13.0. The van der Waals surface area contributed by atoms with Gasteiger partial charge in [-0.1, -0.05) is 30.3 Å². The van der Waals surface area contributed by atoms with Gasteiger partial charge >= 0.3 is 0 Å². The fourth-order valence-electron chi connectivity index (χ4n) is 4.19. The third-order valence-corrected chi connectivity index (χ3v) is 5.79. The Morgan fingerprint density at radius 2 is 1.93 bits per heavy atom. The first-order chi connectivity index (χ1) is 12.1. The summed E-state index contributed by atoms with van der Waals surface area (Å²) in [7, 11) is 1.94. The number of likely N-dealkylation sites (tertiary alicyclic amines) is 1. The van der Waals surface area contributed by atoms with E-state index >= 15 is 0 Å². The average Bonchev–Trinajstić information content (AvgIpc) is 3.09. The number of benzene rings is 1. The predicted octanol–water partition coefficient (Wildman–Crippen LogP) is 2.57. The van der Waals surface area contributed by atoms with Gasteiger partial charge < -0.3 is 15.4 Å². The molecule has 0 radical (unpaired) electrons. The van der Waals surface area contributed by atoms with Crippen molar-refractivity contribution in [1.29, 1.82) is 0 Å². The summed E-state index contributed by atoms with van der Waals surface area (Å²) in [5.74, 6) is 0.757. The summed E-state index contributed by atoms with van der Waals surface area (Å²) >= 11 is 0. The molecule has 1 amide bonds. The first kappa shape index (κ1) is 24.2. The van der Waals surface area contributed by atoms with Crippen molar-refractivity contribution < 1.29 is 9.53 Å². The van der Waals surface area contributed by atoms with Gasteiger partial charge in [0.05, 0.1) is 5.41 Å². The molecule has 2 aliphatic rings. The third-order valence-electron chi connectivity index (χ3n) is 5.79. The maximum Gasteiger partial charge on any atom is 0.229 e. The fraction of sp³-hybridized carbons (Fsp3) is 0.650. The molecule has 0 bridgehead atoms. The van der Waals surface area contributed by atoms with E-state index < -0.39 is 5.41 Å². The molecule has 1 aromatic carbocycles. The molecule has 2 N–H and O–H groups in total. The van der Waals surface area contributed by atoms with Crippen LogP contribution in [-0.4, -0.2) is 62.1 Å². The minimum Gasteiger partial charge on any atom is -0.381 e. The minimum absolute atomic E-state index is 0. The molecule has 5 nitrogen and oxygen atoms in total. The van der Waals surface area contributed by atoms with Crippen LogP contribution in [0.3, 0.4) is 0 Å². The second-order valence-corrected chi connectivity index (χ2v) is 7.66. The zero-order valence-corrected chi connectivity index (χ0v) is 17.8. The zero-order chi connectivity index (χ0) is 17.7. The van der Waals surface area contributed by atoms with Crippen molar-refractivity contribution in [2.75, 3.05) is 46.4 Å². The first-order valence-corrected chi connectivity index (χ1v) is 9.43. The lowest BCUT2D eigenvalue weighted by Crippen LogP contribution is -2.50. The number of rotatable bonds is 6. The van der Waals surface area contributed by atoms with Crippen LogP contribution >= 0.6 is 24.8 Å². The summed E-state index contributed by atoms with van der Waals surface area (Å²) in [6, 6.07) is 10.6.